The van der Waals surface area contributed by atoms with E-state index < -0.39 is 46.1 Å². The van der Waals surface area contributed by atoms with Crippen LogP contribution in [0.25, 0.3) is 0 Å². The van der Waals surface area contributed by atoms with Crippen LogP contribution < -0.4 is 0 Å². The Morgan fingerprint density at radius 3 is 2.50 bits per heavy atom. The standard InChI is InChI=1S/C16H16N2O9S/c1-9(19)26-8-14(21)28-13-6-12(20)17(13)15(22)16(23)27-7-10-2-4-11(5-3-10)18(24)25/h2-5,13,15,22H,6-8H2,1H3/t13-,15?/m0/s1. The zero-order chi connectivity index (χ0) is 20.8. The number of carbonyl (C=O) groups excluding carboxylic acids is 4. The summed E-state index contributed by atoms with van der Waals surface area (Å²) in [6.07, 6.45) is -1.97. The molecule has 0 aromatic heterocycles. The molecule has 11 nitrogen and oxygen atoms in total. The van der Waals surface area contributed by atoms with Crippen LogP contribution >= 0.6 is 11.8 Å². The molecule has 2 rings (SSSR count). The van der Waals surface area contributed by atoms with Crippen molar-refractivity contribution >= 4 is 40.4 Å². The van der Waals surface area contributed by atoms with Gasteiger partial charge >= 0.3 is 11.9 Å². The predicted octanol–water partition coefficient (Wildman–Crippen LogP) is 0.338. The number of non-ortho nitro benzene ring substituents is 1. The molecular formula is C16H16N2O9S. The first-order valence-corrected chi connectivity index (χ1v) is 8.79. The fourth-order valence-electron chi connectivity index (χ4n) is 2.20. The Bertz CT molecular complexity index is 796. The first-order valence-electron chi connectivity index (χ1n) is 7.91. The lowest BCUT2D eigenvalue weighted by Crippen LogP contribution is -2.59. The molecule has 0 radical (unpaired) electrons. The Labute approximate surface area is 162 Å². The van der Waals surface area contributed by atoms with Gasteiger partial charge in [0, 0.05) is 19.1 Å². The second-order valence-corrected chi connectivity index (χ2v) is 6.87. The second kappa shape index (κ2) is 9.28. The van der Waals surface area contributed by atoms with Crippen molar-refractivity contribution in [2.75, 3.05) is 6.61 Å². The first-order chi connectivity index (χ1) is 13.2. The van der Waals surface area contributed by atoms with Gasteiger partial charge in [-0.1, -0.05) is 11.8 Å². The number of nitro groups is 1. The summed E-state index contributed by atoms with van der Waals surface area (Å²) in [6, 6.07) is 5.25. The molecule has 28 heavy (non-hydrogen) atoms. The van der Waals surface area contributed by atoms with Crippen LogP contribution in [-0.2, 0) is 35.3 Å². The van der Waals surface area contributed by atoms with Crippen LogP contribution in [0.4, 0.5) is 5.69 Å². The number of hydrogen-bond donors (Lipinski definition) is 1. The average molecular weight is 412 g/mol. The number of nitro benzene ring substituents is 1. The molecule has 2 atom stereocenters. The molecule has 12 heteroatoms. The van der Waals surface area contributed by atoms with E-state index in [1.165, 1.54) is 24.3 Å². The lowest BCUT2D eigenvalue weighted by atomic mass is 10.2. The number of aliphatic hydroxyl groups is 1. The summed E-state index contributed by atoms with van der Waals surface area (Å²) in [7, 11) is 0. The van der Waals surface area contributed by atoms with Gasteiger partial charge in [-0.05, 0) is 17.7 Å². The van der Waals surface area contributed by atoms with Crippen LogP contribution in [-0.4, -0.2) is 56.1 Å². The third-order valence-corrected chi connectivity index (χ3v) is 4.66. The van der Waals surface area contributed by atoms with Crippen molar-refractivity contribution < 1.29 is 38.7 Å². The maximum absolute atomic E-state index is 12.0. The molecule has 1 saturated heterocycles. The van der Waals surface area contributed by atoms with E-state index in [2.05, 4.69) is 4.74 Å². The maximum Gasteiger partial charge on any atom is 0.356 e. The van der Waals surface area contributed by atoms with E-state index in [1.807, 2.05) is 0 Å². The van der Waals surface area contributed by atoms with Crippen molar-refractivity contribution in [3.05, 3.63) is 39.9 Å². The molecule has 1 aliphatic rings. The van der Waals surface area contributed by atoms with Crippen LogP contribution in [0.15, 0.2) is 24.3 Å². The van der Waals surface area contributed by atoms with Crippen molar-refractivity contribution in [2.45, 2.75) is 31.6 Å². The SMILES string of the molecule is CC(=O)OCC(=O)S[C@H]1CC(=O)N1C(O)C(=O)OCc1ccc([N+](=O)[O-])cc1. The highest BCUT2D eigenvalue weighted by Gasteiger charge is 2.45. The number of likely N-dealkylation sites (tertiary alicyclic amines) is 1. The smallest absolute Gasteiger partial charge is 0.356 e. The molecule has 1 heterocycles. The van der Waals surface area contributed by atoms with Gasteiger partial charge in [0.1, 0.15) is 6.61 Å². The van der Waals surface area contributed by atoms with Gasteiger partial charge in [-0.2, -0.15) is 0 Å². The van der Waals surface area contributed by atoms with Gasteiger partial charge in [0.15, 0.2) is 6.61 Å². The summed E-state index contributed by atoms with van der Waals surface area (Å²) >= 11 is 0.662. The lowest BCUT2D eigenvalue weighted by molar-refractivity contribution is -0.384. The number of carbonyl (C=O) groups is 4. The number of amides is 1. The van der Waals surface area contributed by atoms with Crippen LogP contribution in [0.2, 0.25) is 0 Å². The van der Waals surface area contributed by atoms with E-state index in [1.54, 1.807) is 0 Å². The number of benzene rings is 1. The van der Waals surface area contributed by atoms with Crippen LogP contribution in [0.3, 0.4) is 0 Å². The van der Waals surface area contributed by atoms with Gasteiger partial charge in [0.2, 0.25) is 17.3 Å². The van der Waals surface area contributed by atoms with E-state index in [9.17, 15) is 34.4 Å². The third kappa shape index (κ3) is 5.50. The molecule has 1 unspecified atom stereocenters. The highest BCUT2D eigenvalue weighted by molar-refractivity contribution is 8.14. The van der Waals surface area contributed by atoms with Gasteiger partial charge in [-0.25, -0.2) is 4.79 Å². The number of nitrogens with zero attached hydrogens (tertiary/aromatic N) is 2. The van der Waals surface area contributed by atoms with Crippen molar-refractivity contribution in [3.63, 3.8) is 0 Å². The zero-order valence-corrected chi connectivity index (χ0v) is 15.4. The summed E-state index contributed by atoms with van der Waals surface area (Å²) in [6.45, 7) is 0.389. The molecule has 0 spiro atoms. The molecule has 0 aliphatic carbocycles. The van der Waals surface area contributed by atoms with Crippen molar-refractivity contribution in [3.8, 4) is 0 Å². The third-order valence-electron chi connectivity index (χ3n) is 3.61. The van der Waals surface area contributed by atoms with Gasteiger partial charge in [-0.15, -0.1) is 0 Å². The van der Waals surface area contributed by atoms with Gasteiger partial charge in [-0.3, -0.25) is 29.4 Å². The summed E-state index contributed by atoms with van der Waals surface area (Å²) in [4.78, 5) is 56.9. The molecule has 1 amide bonds. The first kappa shape index (κ1) is 21.3. The Hall–Kier alpha value is -2.99. The highest BCUT2D eigenvalue weighted by Crippen LogP contribution is 2.32. The number of thioether (sulfide) groups is 1. The zero-order valence-electron chi connectivity index (χ0n) is 14.6. The minimum absolute atomic E-state index is 0.0663. The van der Waals surface area contributed by atoms with Crippen molar-refractivity contribution in [2.24, 2.45) is 0 Å². The number of β-lactam (4-membered cyclic amide) rings is 1. The van der Waals surface area contributed by atoms with E-state index in [0.29, 0.717) is 17.3 Å². The molecular weight excluding hydrogens is 396 g/mol. The summed E-state index contributed by atoms with van der Waals surface area (Å²) in [5, 5.41) is 19.3. The molecule has 0 bridgehead atoms. The topological polar surface area (TPSA) is 153 Å². The van der Waals surface area contributed by atoms with E-state index in [-0.39, 0.29) is 18.7 Å². The Morgan fingerprint density at radius 1 is 1.32 bits per heavy atom. The largest absolute Gasteiger partial charge is 0.457 e. The number of ether oxygens (including phenoxy) is 2. The Morgan fingerprint density at radius 2 is 1.96 bits per heavy atom. The molecule has 150 valence electrons. The second-order valence-electron chi connectivity index (χ2n) is 5.63. The van der Waals surface area contributed by atoms with E-state index >= 15 is 0 Å². The van der Waals surface area contributed by atoms with Gasteiger partial charge < -0.3 is 14.6 Å². The number of aliphatic hydroxyl groups excluding tert-OH is 1. The molecule has 0 saturated carbocycles. The van der Waals surface area contributed by atoms with Crippen LogP contribution in [0.5, 0.6) is 0 Å². The maximum atomic E-state index is 12.0. The fraction of sp³-hybridized carbons (Fsp3) is 0.375. The quantitative estimate of drug-likeness (QED) is 0.273. The summed E-state index contributed by atoms with van der Waals surface area (Å²) in [5.74, 6) is -2.28. The highest BCUT2D eigenvalue weighted by atomic mass is 32.2. The molecule has 1 aliphatic heterocycles. The summed E-state index contributed by atoms with van der Waals surface area (Å²) in [5.41, 5.74) is 0.322. The molecule has 1 fully saturated rings. The van der Waals surface area contributed by atoms with Gasteiger partial charge in [0.05, 0.1) is 16.7 Å². The fourth-order valence-corrected chi connectivity index (χ4v) is 3.20. The minimum Gasteiger partial charge on any atom is -0.457 e. The minimum atomic E-state index is -1.90. The number of rotatable bonds is 8. The normalized spacial score (nSPS) is 16.7. The lowest BCUT2D eigenvalue weighted by Gasteiger charge is -2.41. The van der Waals surface area contributed by atoms with E-state index in [4.69, 9.17) is 4.74 Å². The van der Waals surface area contributed by atoms with Crippen molar-refractivity contribution in [1.29, 1.82) is 0 Å². The summed E-state index contributed by atoms with van der Waals surface area (Å²) < 4.78 is 9.46. The molecule has 1 aromatic rings. The van der Waals surface area contributed by atoms with Gasteiger partial charge in [0.25, 0.3) is 5.69 Å². The average Bonchev–Trinajstić information content (AvgIpc) is 2.64. The van der Waals surface area contributed by atoms with Crippen LogP contribution in [0.1, 0.15) is 18.9 Å². The Kier molecular flexibility index (Phi) is 7.06. The molecule has 1 aromatic carbocycles. The molecule has 1 N–H and O–H groups in total. The van der Waals surface area contributed by atoms with Crippen molar-refractivity contribution in [1.82, 2.24) is 4.90 Å². The number of hydrogen-bond acceptors (Lipinski definition) is 10. The Balaban J connectivity index is 1.86. The number of esters is 2. The van der Waals surface area contributed by atoms with Crippen LogP contribution in [0, 0.1) is 10.1 Å². The monoisotopic (exact) mass is 412 g/mol. The predicted molar refractivity (Wildman–Crippen MR) is 93.4 cm³/mol. The van der Waals surface area contributed by atoms with E-state index in [0.717, 1.165) is 11.8 Å².